The van der Waals surface area contributed by atoms with Crippen LogP contribution in [0.4, 0.5) is 5.95 Å². The molecule has 4 aromatic rings. The van der Waals surface area contributed by atoms with Crippen LogP contribution >= 0.6 is 11.6 Å². The highest BCUT2D eigenvalue weighted by Crippen LogP contribution is 2.26. The highest BCUT2D eigenvalue weighted by Gasteiger charge is 2.27. The number of carbonyl (C=O) groups excluding carboxylic acids is 1. The summed E-state index contributed by atoms with van der Waals surface area (Å²) in [6, 6.07) is 21.1. The number of nitrogens with zero attached hydrogens (tertiary/aromatic N) is 4. The van der Waals surface area contributed by atoms with Crippen molar-refractivity contribution in [2.75, 3.05) is 46.2 Å². The van der Waals surface area contributed by atoms with Crippen LogP contribution in [0, 0.1) is 6.92 Å². The second-order valence-electron chi connectivity index (χ2n) is 9.53. The van der Waals surface area contributed by atoms with E-state index in [9.17, 15) is 13.2 Å². The Morgan fingerprint density at radius 2 is 1.62 bits per heavy atom. The highest BCUT2D eigenvalue weighted by atomic mass is 35.5. The van der Waals surface area contributed by atoms with E-state index in [4.69, 9.17) is 16.3 Å². The predicted octanol–water partition coefficient (Wildman–Crippen LogP) is 4.70. The summed E-state index contributed by atoms with van der Waals surface area (Å²) in [6.45, 7) is 2.15. The zero-order valence-electron chi connectivity index (χ0n) is 22.8. The van der Waals surface area contributed by atoms with Crippen LogP contribution < -0.4 is 10.1 Å². The molecule has 0 spiro atoms. The maximum atomic E-state index is 13.5. The molecule has 0 fully saturated rings. The van der Waals surface area contributed by atoms with Crippen LogP contribution in [-0.4, -0.2) is 73.9 Å². The normalized spacial score (nSPS) is 11.7. The number of aryl methyl sites for hydroxylation is 1. The molecule has 0 aliphatic heterocycles. The molecule has 1 N–H and O–H groups in total. The number of halogens is 1. The number of amides is 1. The molecular weight excluding hydrogens is 550 g/mol. The molecule has 0 atom stereocenters. The third kappa shape index (κ3) is 7.08. The Hall–Kier alpha value is -3.70. The number of carbonyl (C=O) groups is 1. The molecular formula is C29H32ClN5O4S. The second kappa shape index (κ2) is 12.6. The van der Waals surface area contributed by atoms with E-state index in [1.165, 1.54) is 24.3 Å². The largest absolute Gasteiger partial charge is 0.497 e. The highest BCUT2D eigenvalue weighted by molar-refractivity contribution is 7.89. The van der Waals surface area contributed by atoms with E-state index in [-0.39, 0.29) is 17.4 Å². The molecule has 11 heteroatoms. The fourth-order valence-electron chi connectivity index (χ4n) is 3.95. The van der Waals surface area contributed by atoms with Gasteiger partial charge in [-0.15, -0.1) is 0 Å². The fourth-order valence-corrected chi connectivity index (χ4v) is 5.46. The summed E-state index contributed by atoms with van der Waals surface area (Å²) in [5.41, 5.74) is 3.36. The van der Waals surface area contributed by atoms with E-state index in [1.54, 1.807) is 11.7 Å². The second-order valence-corrected chi connectivity index (χ2v) is 11.9. The number of imidazole rings is 1. The summed E-state index contributed by atoms with van der Waals surface area (Å²) < 4.78 is 35.1. The number of hydrogen-bond acceptors (Lipinski definition) is 6. The first kappa shape index (κ1) is 29.3. The third-order valence-electron chi connectivity index (χ3n) is 6.22. The molecule has 3 aromatic carbocycles. The first-order valence-corrected chi connectivity index (χ1v) is 14.4. The minimum absolute atomic E-state index is 0.0615. The van der Waals surface area contributed by atoms with Crippen molar-refractivity contribution < 1.29 is 17.9 Å². The number of hydrogen-bond donors (Lipinski definition) is 1. The van der Waals surface area contributed by atoms with E-state index in [0.717, 1.165) is 26.9 Å². The van der Waals surface area contributed by atoms with E-state index in [0.29, 0.717) is 17.3 Å². The lowest BCUT2D eigenvalue weighted by Crippen LogP contribution is -2.41. The lowest BCUT2D eigenvalue weighted by Gasteiger charge is -2.23. The molecule has 40 heavy (non-hydrogen) atoms. The Morgan fingerprint density at radius 1 is 0.975 bits per heavy atom. The molecule has 0 saturated heterocycles. The number of anilines is 1. The van der Waals surface area contributed by atoms with Gasteiger partial charge in [-0.1, -0.05) is 29.3 Å². The van der Waals surface area contributed by atoms with Gasteiger partial charge in [0.2, 0.25) is 21.9 Å². The van der Waals surface area contributed by atoms with Crippen LogP contribution in [0.5, 0.6) is 5.75 Å². The molecule has 0 aliphatic rings. The number of methoxy groups -OCH3 is 1. The van der Waals surface area contributed by atoms with Crippen LogP contribution in [0.15, 0.2) is 83.9 Å². The Bertz CT molecular complexity index is 1550. The lowest BCUT2D eigenvalue weighted by atomic mass is 10.1. The molecule has 0 radical (unpaired) electrons. The van der Waals surface area contributed by atoms with Gasteiger partial charge in [-0.2, -0.15) is 4.31 Å². The van der Waals surface area contributed by atoms with Gasteiger partial charge in [0, 0.05) is 35.6 Å². The van der Waals surface area contributed by atoms with Gasteiger partial charge in [0.25, 0.3) is 0 Å². The van der Waals surface area contributed by atoms with Crippen molar-refractivity contribution >= 4 is 33.5 Å². The molecule has 1 amide bonds. The number of benzene rings is 3. The molecule has 0 aliphatic carbocycles. The quantitative estimate of drug-likeness (QED) is 0.276. The van der Waals surface area contributed by atoms with Gasteiger partial charge in [0.1, 0.15) is 5.75 Å². The summed E-state index contributed by atoms with van der Waals surface area (Å²) in [4.78, 5) is 19.9. The molecule has 1 aromatic heterocycles. The Labute approximate surface area is 240 Å². The number of rotatable bonds is 11. The Kier molecular flexibility index (Phi) is 9.26. The van der Waals surface area contributed by atoms with Crippen molar-refractivity contribution in [2.24, 2.45) is 0 Å². The van der Waals surface area contributed by atoms with Crippen molar-refractivity contribution in [3.63, 3.8) is 0 Å². The maximum absolute atomic E-state index is 13.5. The molecule has 0 unspecified atom stereocenters. The van der Waals surface area contributed by atoms with E-state index >= 15 is 0 Å². The van der Waals surface area contributed by atoms with E-state index in [2.05, 4.69) is 10.3 Å². The molecule has 210 valence electrons. The standard InChI is InChI=1S/C29H32ClN5O4S/c1-21-5-11-24(12-6-21)35-19-27(22-7-13-25(39-4)14-8-22)31-29(35)32-28(36)20-34(18-17-33(2)3)40(37,38)26-15-9-23(30)10-16-26/h5-16,19H,17-18,20H2,1-4H3,(H,31,32,36). The van der Waals surface area contributed by atoms with Crippen molar-refractivity contribution in [1.82, 2.24) is 18.8 Å². The SMILES string of the molecule is COc1ccc(-c2cn(-c3ccc(C)cc3)c(NC(=O)CN(CCN(C)C)S(=O)(=O)c3ccc(Cl)cc3)n2)cc1. The number of ether oxygens (including phenoxy) is 1. The lowest BCUT2D eigenvalue weighted by molar-refractivity contribution is -0.116. The smallest absolute Gasteiger partial charge is 0.243 e. The van der Waals surface area contributed by atoms with Gasteiger partial charge >= 0.3 is 0 Å². The Morgan fingerprint density at radius 3 is 2.23 bits per heavy atom. The van der Waals surface area contributed by atoms with Gasteiger partial charge in [0.05, 0.1) is 24.2 Å². The average Bonchev–Trinajstić information content (AvgIpc) is 3.35. The van der Waals surface area contributed by atoms with Crippen molar-refractivity contribution in [3.05, 3.63) is 89.6 Å². The molecule has 0 bridgehead atoms. The summed E-state index contributed by atoms with van der Waals surface area (Å²) in [5, 5.41) is 3.26. The van der Waals surface area contributed by atoms with Gasteiger partial charge in [0.15, 0.2) is 0 Å². The van der Waals surface area contributed by atoms with Crippen LogP contribution in [0.2, 0.25) is 5.02 Å². The van der Waals surface area contributed by atoms with Crippen LogP contribution in [0.1, 0.15) is 5.56 Å². The van der Waals surface area contributed by atoms with Crippen LogP contribution in [0.3, 0.4) is 0 Å². The van der Waals surface area contributed by atoms with Gasteiger partial charge < -0.3 is 9.64 Å². The van der Waals surface area contributed by atoms with Crippen molar-refractivity contribution in [3.8, 4) is 22.7 Å². The number of likely N-dealkylation sites (N-methyl/N-ethyl adjacent to an activating group) is 1. The molecule has 4 rings (SSSR count). The third-order valence-corrected chi connectivity index (χ3v) is 8.33. The van der Waals surface area contributed by atoms with Crippen LogP contribution in [-0.2, 0) is 14.8 Å². The number of sulfonamides is 1. The van der Waals surface area contributed by atoms with Gasteiger partial charge in [-0.25, -0.2) is 13.4 Å². The fraction of sp³-hybridized carbons (Fsp3) is 0.241. The summed E-state index contributed by atoms with van der Waals surface area (Å²) in [5.74, 6) is 0.475. The predicted molar refractivity (Wildman–Crippen MR) is 158 cm³/mol. The van der Waals surface area contributed by atoms with E-state index < -0.39 is 22.5 Å². The van der Waals surface area contributed by atoms with Gasteiger partial charge in [-0.05, 0) is 81.7 Å². The average molecular weight is 582 g/mol. The minimum atomic E-state index is -3.96. The number of nitrogens with one attached hydrogen (secondary N) is 1. The Balaban J connectivity index is 1.64. The van der Waals surface area contributed by atoms with E-state index in [1.807, 2.05) is 80.6 Å². The summed E-state index contributed by atoms with van der Waals surface area (Å²) >= 11 is 5.96. The van der Waals surface area contributed by atoms with Gasteiger partial charge in [-0.3, -0.25) is 14.7 Å². The van der Waals surface area contributed by atoms with Crippen molar-refractivity contribution in [1.29, 1.82) is 0 Å². The topological polar surface area (TPSA) is 96.8 Å². The first-order valence-electron chi connectivity index (χ1n) is 12.6. The zero-order chi connectivity index (χ0) is 28.9. The molecule has 0 saturated carbocycles. The molecule has 9 nitrogen and oxygen atoms in total. The maximum Gasteiger partial charge on any atom is 0.243 e. The zero-order valence-corrected chi connectivity index (χ0v) is 24.4. The summed E-state index contributed by atoms with van der Waals surface area (Å²) in [6.07, 6.45) is 1.83. The monoisotopic (exact) mass is 581 g/mol. The summed E-state index contributed by atoms with van der Waals surface area (Å²) in [7, 11) is 1.32. The van der Waals surface area contributed by atoms with Crippen LogP contribution in [0.25, 0.3) is 16.9 Å². The number of aromatic nitrogens is 2. The molecule has 1 heterocycles. The first-order chi connectivity index (χ1) is 19.1. The minimum Gasteiger partial charge on any atom is -0.497 e. The van der Waals surface area contributed by atoms with Crippen molar-refractivity contribution in [2.45, 2.75) is 11.8 Å².